The van der Waals surface area contributed by atoms with Crippen LogP contribution in [0, 0.1) is 5.92 Å². The van der Waals surface area contributed by atoms with Crippen LogP contribution in [0.5, 0.6) is 0 Å². The molecule has 4 rings (SSSR count). The maximum atomic E-state index is 12.8. The van der Waals surface area contributed by atoms with Gasteiger partial charge in [-0.1, -0.05) is 0 Å². The van der Waals surface area contributed by atoms with Crippen molar-refractivity contribution in [3.63, 3.8) is 0 Å². The summed E-state index contributed by atoms with van der Waals surface area (Å²) in [4.78, 5) is 36.1. The number of rotatable bonds is 4. The minimum atomic E-state index is -5.08. The van der Waals surface area contributed by atoms with Crippen LogP contribution < -0.4 is 5.32 Å². The van der Waals surface area contributed by atoms with Crippen molar-refractivity contribution in [2.45, 2.75) is 31.2 Å². The van der Waals surface area contributed by atoms with E-state index in [1.165, 1.54) is 0 Å². The molecule has 3 atom stereocenters. The Balaban J connectivity index is 0.000000360. The van der Waals surface area contributed by atoms with Crippen LogP contribution in [0.15, 0.2) is 43.0 Å². The van der Waals surface area contributed by atoms with Crippen LogP contribution in [0.3, 0.4) is 0 Å². The number of hydrogen-bond acceptors (Lipinski definition) is 7. The van der Waals surface area contributed by atoms with Crippen LogP contribution in [-0.2, 0) is 9.53 Å². The van der Waals surface area contributed by atoms with Crippen molar-refractivity contribution in [3.8, 4) is 0 Å². The third-order valence-electron chi connectivity index (χ3n) is 5.24. The quantitative estimate of drug-likeness (QED) is 0.724. The molecule has 2 aliphatic rings. The summed E-state index contributed by atoms with van der Waals surface area (Å²) in [6.07, 6.45) is 3.73. The van der Waals surface area contributed by atoms with Crippen LogP contribution in [-0.4, -0.2) is 74.9 Å². The molecule has 12 heteroatoms. The summed E-state index contributed by atoms with van der Waals surface area (Å²) in [7, 11) is 0. The second-order valence-electron chi connectivity index (χ2n) is 7.23. The van der Waals surface area contributed by atoms with Gasteiger partial charge in [0.25, 0.3) is 5.91 Å². The zero-order chi connectivity index (χ0) is 23.1. The Morgan fingerprint density at radius 3 is 2.44 bits per heavy atom. The van der Waals surface area contributed by atoms with Gasteiger partial charge < -0.3 is 20.1 Å². The molecule has 0 aromatic carbocycles. The predicted octanol–water partition coefficient (Wildman–Crippen LogP) is 2.24. The average molecular weight is 453 g/mol. The third-order valence-corrected chi connectivity index (χ3v) is 5.24. The molecule has 2 fully saturated rings. The first-order valence-electron chi connectivity index (χ1n) is 9.91. The number of aliphatic carboxylic acids is 1. The van der Waals surface area contributed by atoms with Crippen molar-refractivity contribution in [2.24, 2.45) is 5.92 Å². The summed E-state index contributed by atoms with van der Waals surface area (Å²) in [5.41, 5.74) is 0.690. The van der Waals surface area contributed by atoms with E-state index in [4.69, 9.17) is 14.6 Å². The van der Waals surface area contributed by atoms with Gasteiger partial charge in [-0.15, -0.1) is 0 Å². The van der Waals surface area contributed by atoms with Gasteiger partial charge in [-0.2, -0.15) is 13.2 Å². The van der Waals surface area contributed by atoms with E-state index in [2.05, 4.69) is 20.3 Å². The highest BCUT2D eigenvalue weighted by Gasteiger charge is 2.44. The highest BCUT2D eigenvalue weighted by molar-refractivity contribution is 5.94. The number of ether oxygens (including phenoxy) is 1. The van der Waals surface area contributed by atoms with Crippen molar-refractivity contribution in [1.29, 1.82) is 0 Å². The van der Waals surface area contributed by atoms with E-state index < -0.39 is 12.1 Å². The van der Waals surface area contributed by atoms with Crippen molar-refractivity contribution in [2.75, 3.05) is 25.0 Å². The highest BCUT2D eigenvalue weighted by atomic mass is 19.4. The number of carboxylic acid groups (broad SMARTS) is 1. The third kappa shape index (κ3) is 5.90. The molecular weight excluding hydrogens is 431 g/mol. The van der Waals surface area contributed by atoms with Gasteiger partial charge in [0.15, 0.2) is 0 Å². The molecule has 2 aromatic heterocycles. The molecule has 9 nitrogen and oxygen atoms in total. The number of alkyl halides is 3. The van der Waals surface area contributed by atoms with E-state index in [0.717, 1.165) is 19.4 Å². The summed E-state index contributed by atoms with van der Waals surface area (Å²) in [6.45, 7) is 1.98. The zero-order valence-electron chi connectivity index (χ0n) is 16.9. The van der Waals surface area contributed by atoms with Gasteiger partial charge in [-0.05, 0) is 31.0 Å². The number of anilines is 1. The minimum Gasteiger partial charge on any atom is -0.475 e. The molecular formula is C20H22F3N5O4. The molecule has 1 saturated heterocycles. The Labute approximate surface area is 181 Å². The number of nitrogens with zero attached hydrogens (tertiary/aromatic N) is 4. The topological polar surface area (TPSA) is 118 Å². The van der Waals surface area contributed by atoms with E-state index in [9.17, 15) is 18.0 Å². The number of carbonyl (C=O) groups excluding carboxylic acids is 1. The highest BCUT2D eigenvalue weighted by Crippen LogP contribution is 2.35. The Morgan fingerprint density at radius 1 is 1.16 bits per heavy atom. The number of carboxylic acids is 1. The first-order valence-corrected chi connectivity index (χ1v) is 9.91. The van der Waals surface area contributed by atoms with Crippen molar-refractivity contribution in [1.82, 2.24) is 19.9 Å². The molecule has 1 amide bonds. The summed E-state index contributed by atoms with van der Waals surface area (Å²) in [5, 5.41) is 10.4. The summed E-state index contributed by atoms with van der Waals surface area (Å²) in [5.74, 6) is -1.71. The van der Waals surface area contributed by atoms with Crippen LogP contribution in [0.1, 0.15) is 23.2 Å². The molecule has 0 bridgehead atoms. The Bertz CT molecular complexity index is 901. The fourth-order valence-corrected chi connectivity index (χ4v) is 3.80. The summed E-state index contributed by atoms with van der Waals surface area (Å²) in [6, 6.07) is 5.47. The van der Waals surface area contributed by atoms with E-state index >= 15 is 0 Å². The van der Waals surface area contributed by atoms with Gasteiger partial charge in [0, 0.05) is 49.4 Å². The Kier molecular flexibility index (Phi) is 7.57. The fourth-order valence-electron chi connectivity index (χ4n) is 3.80. The number of nitrogens with one attached hydrogen (secondary N) is 1. The molecule has 2 N–H and O–H groups in total. The van der Waals surface area contributed by atoms with Gasteiger partial charge in [0.05, 0.1) is 18.8 Å². The van der Waals surface area contributed by atoms with Crippen LogP contribution in [0.2, 0.25) is 0 Å². The monoisotopic (exact) mass is 453 g/mol. The number of halogens is 3. The lowest BCUT2D eigenvalue weighted by Gasteiger charge is -2.39. The lowest BCUT2D eigenvalue weighted by molar-refractivity contribution is -0.192. The van der Waals surface area contributed by atoms with E-state index in [0.29, 0.717) is 30.6 Å². The van der Waals surface area contributed by atoms with Gasteiger partial charge >= 0.3 is 12.1 Å². The molecule has 3 unspecified atom stereocenters. The number of amides is 1. The molecule has 1 aliphatic carbocycles. The standard InChI is InChI=1S/C18H21N5O2.C2HF3O2/c24-17(13-4-8-19-9-5-13)23-10-11-25-16-14(2-3-15(16)23)12-22-18-20-6-1-7-21-18;3-2(4,5)1(6)7/h1,4-9,14-16H,2-3,10-12H2,(H,20,21,22);(H,6,7). The molecule has 32 heavy (non-hydrogen) atoms. The molecule has 1 saturated carbocycles. The van der Waals surface area contributed by atoms with Crippen LogP contribution in [0.25, 0.3) is 0 Å². The number of hydrogen-bond donors (Lipinski definition) is 2. The van der Waals surface area contributed by atoms with E-state index in [-0.39, 0.29) is 18.1 Å². The Hall–Kier alpha value is -3.28. The first kappa shape index (κ1) is 23.4. The maximum absolute atomic E-state index is 12.8. The van der Waals surface area contributed by atoms with Gasteiger partial charge in [0.1, 0.15) is 0 Å². The smallest absolute Gasteiger partial charge is 0.475 e. The summed E-state index contributed by atoms with van der Waals surface area (Å²) >= 11 is 0. The lowest BCUT2D eigenvalue weighted by Crippen LogP contribution is -2.53. The zero-order valence-corrected chi connectivity index (χ0v) is 16.9. The van der Waals surface area contributed by atoms with E-state index in [1.807, 2.05) is 4.90 Å². The number of fused-ring (bicyclic) bond motifs is 1. The number of pyridine rings is 1. The van der Waals surface area contributed by atoms with Crippen molar-refractivity contribution in [3.05, 3.63) is 48.5 Å². The number of aromatic nitrogens is 3. The fraction of sp³-hybridized carbons (Fsp3) is 0.450. The number of morpholine rings is 1. The van der Waals surface area contributed by atoms with Gasteiger partial charge in [-0.3, -0.25) is 9.78 Å². The molecule has 3 heterocycles. The van der Waals surface area contributed by atoms with Crippen molar-refractivity contribution >= 4 is 17.8 Å². The summed E-state index contributed by atoms with van der Waals surface area (Å²) < 4.78 is 37.8. The molecule has 0 spiro atoms. The van der Waals surface area contributed by atoms with Crippen LogP contribution in [0.4, 0.5) is 19.1 Å². The maximum Gasteiger partial charge on any atom is 0.490 e. The minimum absolute atomic E-state index is 0.0655. The van der Waals surface area contributed by atoms with Crippen molar-refractivity contribution < 1.29 is 32.6 Å². The molecule has 0 radical (unpaired) electrons. The predicted molar refractivity (Wildman–Crippen MR) is 106 cm³/mol. The first-order chi connectivity index (χ1) is 15.3. The van der Waals surface area contributed by atoms with Crippen LogP contribution >= 0.6 is 0 Å². The normalized spacial score (nSPS) is 22.3. The molecule has 2 aromatic rings. The SMILES string of the molecule is O=C(O)C(F)(F)F.O=C(c1ccncc1)N1CCOC2C(CNc3ncccn3)CCC21. The Morgan fingerprint density at radius 2 is 1.81 bits per heavy atom. The largest absolute Gasteiger partial charge is 0.490 e. The molecule has 172 valence electrons. The number of carbonyl (C=O) groups is 2. The van der Waals surface area contributed by atoms with E-state index in [1.54, 1.807) is 43.0 Å². The van der Waals surface area contributed by atoms with Gasteiger partial charge in [-0.25, -0.2) is 14.8 Å². The lowest BCUT2D eigenvalue weighted by atomic mass is 10.0. The molecule has 1 aliphatic heterocycles. The average Bonchev–Trinajstić information content (AvgIpc) is 3.21. The van der Waals surface area contributed by atoms with Gasteiger partial charge in [0.2, 0.25) is 5.95 Å². The second-order valence-corrected chi connectivity index (χ2v) is 7.23. The second kappa shape index (κ2) is 10.4.